The molecule has 2 aromatic carbocycles. The van der Waals surface area contributed by atoms with E-state index in [1.807, 2.05) is 32.0 Å². The molecule has 1 aliphatic heterocycles. The lowest BCUT2D eigenvalue weighted by molar-refractivity contribution is -0.116. The molecule has 0 bridgehead atoms. The summed E-state index contributed by atoms with van der Waals surface area (Å²) in [5, 5.41) is 24.3. The highest BCUT2D eigenvalue weighted by molar-refractivity contribution is 7.80. The molecule has 3 N–H and O–H groups in total. The van der Waals surface area contributed by atoms with E-state index in [1.165, 1.54) is 11.5 Å². The first-order valence-electron chi connectivity index (χ1n) is 10.5. The molecule has 0 saturated carbocycles. The number of carbonyl (C=O) groups is 1. The summed E-state index contributed by atoms with van der Waals surface area (Å²) >= 11 is 10.4. The Bertz CT molecular complexity index is 1230. The van der Waals surface area contributed by atoms with E-state index in [1.54, 1.807) is 17.9 Å². The van der Waals surface area contributed by atoms with Crippen LogP contribution in [-0.4, -0.2) is 45.2 Å². The van der Waals surface area contributed by atoms with Crippen molar-refractivity contribution in [3.63, 3.8) is 0 Å². The fraction of sp³-hybridized carbons (Fsp3) is 0.348. The van der Waals surface area contributed by atoms with Crippen molar-refractivity contribution in [3.05, 3.63) is 46.8 Å². The molecule has 10 heteroatoms. The summed E-state index contributed by atoms with van der Waals surface area (Å²) in [6, 6.07) is 7.48. The standard InChI is InChI=1S/C23H26N4O3S3/c1-12-6-20(32)16(22-25-13(2)26-33-22)9-18(12)24-10-21(29)27-5-4-15-17(23(3,30)11-28)7-14(31)8-19(15)27/h6-9,24,28,30-32H,4-5,10-11H2,1-3H3/t23-/m0/s1. The minimum atomic E-state index is -1.40. The smallest absolute Gasteiger partial charge is 0.246 e. The van der Waals surface area contributed by atoms with E-state index in [0.29, 0.717) is 29.2 Å². The molecule has 0 aliphatic carbocycles. The van der Waals surface area contributed by atoms with Crippen LogP contribution in [0.3, 0.4) is 0 Å². The lowest BCUT2D eigenvalue weighted by Gasteiger charge is -2.25. The van der Waals surface area contributed by atoms with E-state index < -0.39 is 12.2 Å². The lowest BCUT2D eigenvalue weighted by atomic mass is 9.91. The van der Waals surface area contributed by atoms with E-state index in [4.69, 9.17) is 0 Å². The largest absolute Gasteiger partial charge is 0.393 e. The number of aromatic nitrogens is 2. The number of hydrogen-bond acceptors (Lipinski definition) is 9. The predicted octanol–water partition coefficient (Wildman–Crippen LogP) is 3.60. The molecule has 2 heterocycles. The van der Waals surface area contributed by atoms with Gasteiger partial charge in [0.2, 0.25) is 5.91 Å². The monoisotopic (exact) mass is 502 g/mol. The van der Waals surface area contributed by atoms with Crippen LogP contribution in [-0.2, 0) is 16.8 Å². The number of aliphatic hydroxyl groups is 2. The van der Waals surface area contributed by atoms with Crippen LogP contribution in [0, 0.1) is 13.8 Å². The number of fused-ring (bicyclic) bond motifs is 1. The highest BCUT2D eigenvalue weighted by Gasteiger charge is 2.33. The average molecular weight is 503 g/mol. The van der Waals surface area contributed by atoms with Crippen molar-refractivity contribution in [1.29, 1.82) is 0 Å². The third kappa shape index (κ3) is 4.76. The van der Waals surface area contributed by atoms with Gasteiger partial charge in [-0.1, -0.05) is 0 Å². The van der Waals surface area contributed by atoms with Crippen LogP contribution in [0.1, 0.15) is 29.4 Å². The zero-order chi connectivity index (χ0) is 23.9. The van der Waals surface area contributed by atoms with Crippen molar-refractivity contribution < 1.29 is 15.0 Å². The summed E-state index contributed by atoms with van der Waals surface area (Å²) in [5.41, 5.74) is 3.47. The first-order chi connectivity index (χ1) is 15.6. The Kier molecular flexibility index (Phi) is 6.75. The third-order valence-electron chi connectivity index (χ3n) is 5.81. The summed E-state index contributed by atoms with van der Waals surface area (Å²) in [6.45, 7) is 5.56. The van der Waals surface area contributed by atoms with Crippen LogP contribution >= 0.6 is 36.8 Å². The second-order valence-electron chi connectivity index (χ2n) is 8.40. The van der Waals surface area contributed by atoms with Crippen molar-refractivity contribution in [2.24, 2.45) is 0 Å². The Balaban J connectivity index is 1.56. The number of thiol groups is 2. The number of benzene rings is 2. The highest BCUT2D eigenvalue weighted by atomic mass is 32.1. The number of nitrogens with zero attached hydrogens (tertiary/aromatic N) is 3. The number of amides is 1. The van der Waals surface area contributed by atoms with Gasteiger partial charge in [0.1, 0.15) is 16.4 Å². The van der Waals surface area contributed by atoms with Crippen LogP contribution in [0.15, 0.2) is 34.1 Å². The topological polar surface area (TPSA) is 98.6 Å². The number of aryl methyl sites for hydroxylation is 2. The van der Waals surface area contributed by atoms with Crippen molar-refractivity contribution >= 4 is 54.1 Å². The summed E-state index contributed by atoms with van der Waals surface area (Å²) in [6.07, 6.45) is 0.606. The number of nitrogens with one attached hydrogen (secondary N) is 1. The van der Waals surface area contributed by atoms with Gasteiger partial charge in [0.05, 0.1) is 13.2 Å². The number of anilines is 2. The summed E-state index contributed by atoms with van der Waals surface area (Å²) in [4.78, 5) is 20.7. The Morgan fingerprint density at radius 2 is 2.03 bits per heavy atom. The van der Waals surface area contributed by atoms with Gasteiger partial charge < -0.3 is 20.4 Å². The molecule has 0 fully saturated rings. The summed E-state index contributed by atoms with van der Waals surface area (Å²) < 4.78 is 4.25. The van der Waals surface area contributed by atoms with Gasteiger partial charge in [-0.15, -0.1) is 25.3 Å². The number of rotatable bonds is 6. The van der Waals surface area contributed by atoms with Gasteiger partial charge in [0.15, 0.2) is 0 Å². The minimum Gasteiger partial charge on any atom is -0.393 e. The van der Waals surface area contributed by atoms with Crippen LogP contribution in [0.4, 0.5) is 11.4 Å². The molecule has 0 radical (unpaired) electrons. The molecule has 174 valence electrons. The first-order valence-corrected chi connectivity index (χ1v) is 12.2. The minimum absolute atomic E-state index is 0.0927. The predicted molar refractivity (Wildman–Crippen MR) is 137 cm³/mol. The molecule has 1 aromatic heterocycles. The van der Waals surface area contributed by atoms with Crippen molar-refractivity contribution in [3.8, 4) is 10.6 Å². The zero-order valence-corrected chi connectivity index (χ0v) is 21.2. The van der Waals surface area contributed by atoms with Crippen LogP contribution in [0.2, 0.25) is 0 Å². The van der Waals surface area contributed by atoms with Gasteiger partial charge in [-0.3, -0.25) is 4.79 Å². The summed E-state index contributed by atoms with van der Waals surface area (Å²) in [5.74, 6) is 0.619. The molecule has 1 aliphatic rings. The van der Waals surface area contributed by atoms with E-state index in [0.717, 1.165) is 38.0 Å². The second kappa shape index (κ2) is 9.27. The molecule has 0 saturated heterocycles. The third-order valence-corrected chi connectivity index (χ3v) is 7.28. The van der Waals surface area contributed by atoms with Gasteiger partial charge in [-0.25, -0.2) is 4.98 Å². The maximum Gasteiger partial charge on any atom is 0.246 e. The van der Waals surface area contributed by atoms with Crippen LogP contribution in [0.5, 0.6) is 0 Å². The molecule has 1 atom stereocenters. The van der Waals surface area contributed by atoms with Crippen LogP contribution in [0.25, 0.3) is 10.6 Å². The van der Waals surface area contributed by atoms with Crippen molar-refractivity contribution in [2.75, 3.05) is 29.9 Å². The Hall–Kier alpha value is -2.11. The molecular weight excluding hydrogens is 476 g/mol. The van der Waals surface area contributed by atoms with E-state index in [-0.39, 0.29) is 12.5 Å². The molecule has 0 unspecified atom stereocenters. The molecule has 4 rings (SSSR count). The molecule has 33 heavy (non-hydrogen) atoms. The Morgan fingerprint density at radius 1 is 1.27 bits per heavy atom. The maximum absolute atomic E-state index is 13.2. The maximum atomic E-state index is 13.2. The average Bonchev–Trinajstić information content (AvgIpc) is 3.38. The van der Waals surface area contributed by atoms with Gasteiger partial charge in [0.25, 0.3) is 0 Å². The van der Waals surface area contributed by atoms with Gasteiger partial charge in [-0.05, 0) is 79.7 Å². The molecule has 7 nitrogen and oxygen atoms in total. The first kappa shape index (κ1) is 24.0. The van der Waals surface area contributed by atoms with E-state index in [9.17, 15) is 15.0 Å². The Labute approximate surface area is 207 Å². The molecule has 0 spiro atoms. The van der Waals surface area contributed by atoms with Gasteiger partial charge in [-0.2, -0.15) is 4.37 Å². The zero-order valence-electron chi connectivity index (χ0n) is 18.6. The number of aliphatic hydroxyl groups excluding tert-OH is 1. The molecule has 1 amide bonds. The quantitative estimate of drug-likeness (QED) is 0.331. The normalized spacial score (nSPS) is 14.8. The van der Waals surface area contributed by atoms with Crippen molar-refractivity contribution in [1.82, 2.24) is 9.36 Å². The SMILES string of the molecule is Cc1nsc(-c2cc(NCC(=O)N3CCc4c3cc(S)cc4[C@@](C)(O)CO)c(C)cc2S)n1. The van der Waals surface area contributed by atoms with E-state index >= 15 is 0 Å². The van der Waals surface area contributed by atoms with E-state index in [2.05, 4.69) is 39.9 Å². The molecule has 3 aromatic rings. The fourth-order valence-corrected chi connectivity index (χ4v) is 5.43. The van der Waals surface area contributed by atoms with Crippen LogP contribution < -0.4 is 10.2 Å². The second-order valence-corrected chi connectivity index (χ2v) is 10.2. The highest BCUT2D eigenvalue weighted by Crippen LogP contribution is 2.38. The van der Waals surface area contributed by atoms with Gasteiger partial charge >= 0.3 is 0 Å². The summed E-state index contributed by atoms with van der Waals surface area (Å²) in [7, 11) is 0. The van der Waals surface area contributed by atoms with Gasteiger partial charge in [0, 0.05) is 33.3 Å². The van der Waals surface area contributed by atoms with Crippen molar-refractivity contribution in [2.45, 2.75) is 42.6 Å². The number of hydrogen-bond donors (Lipinski definition) is 5. The molecular formula is C23H26N4O3S3. The Morgan fingerprint density at radius 3 is 2.70 bits per heavy atom. The fourth-order valence-electron chi connectivity index (χ4n) is 4.04. The lowest BCUT2D eigenvalue weighted by Crippen LogP contribution is -2.34. The number of carbonyl (C=O) groups excluding carboxylic acids is 1.